The predicted molar refractivity (Wildman–Crippen MR) is 80.3 cm³/mol. The second-order valence-corrected chi connectivity index (χ2v) is 5.32. The average Bonchev–Trinajstić information content (AvgIpc) is 2.62. The van der Waals surface area contributed by atoms with E-state index in [9.17, 15) is 25.2 Å². The SMILES string of the molecule is O=C(O)CO[C@H](Cc1cnc([C@@H](O)[C@H](O)[C@H](O)CO)cn1)[C@H](O)CO. The molecule has 0 fully saturated rings. The van der Waals surface area contributed by atoms with Gasteiger partial charge in [0.25, 0.3) is 0 Å². The lowest BCUT2D eigenvalue weighted by molar-refractivity contribution is -0.147. The highest BCUT2D eigenvalue weighted by molar-refractivity contribution is 5.68. The van der Waals surface area contributed by atoms with Crippen LogP contribution in [-0.4, -0.2) is 95.9 Å². The van der Waals surface area contributed by atoms with E-state index in [0.717, 1.165) is 6.20 Å². The molecule has 1 rings (SSSR count). The maximum atomic E-state index is 10.5. The molecule has 0 amide bonds. The molecule has 1 aromatic rings. The van der Waals surface area contributed by atoms with Crippen LogP contribution in [0.4, 0.5) is 0 Å². The van der Waals surface area contributed by atoms with Gasteiger partial charge in [0.15, 0.2) is 0 Å². The van der Waals surface area contributed by atoms with Gasteiger partial charge in [0.1, 0.15) is 31.0 Å². The normalized spacial score (nSPS) is 17.5. The summed E-state index contributed by atoms with van der Waals surface area (Å²) in [4.78, 5) is 18.4. The number of rotatable bonds is 11. The summed E-state index contributed by atoms with van der Waals surface area (Å²) in [6.45, 7) is -2.05. The Morgan fingerprint density at radius 1 is 1.04 bits per heavy atom. The molecule has 142 valence electrons. The van der Waals surface area contributed by atoms with Crippen LogP contribution in [0, 0.1) is 0 Å². The Labute approximate surface area is 142 Å². The highest BCUT2D eigenvalue weighted by Gasteiger charge is 2.27. The molecule has 7 N–H and O–H groups in total. The van der Waals surface area contributed by atoms with Gasteiger partial charge in [-0.1, -0.05) is 0 Å². The second kappa shape index (κ2) is 10.3. The van der Waals surface area contributed by atoms with E-state index in [1.165, 1.54) is 6.20 Å². The van der Waals surface area contributed by atoms with Crippen molar-refractivity contribution in [2.45, 2.75) is 36.9 Å². The quantitative estimate of drug-likeness (QED) is 0.207. The summed E-state index contributed by atoms with van der Waals surface area (Å²) < 4.78 is 4.99. The Kier molecular flexibility index (Phi) is 8.78. The van der Waals surface area contributed by atoms with Crippen molar-refractivity contribution < 1.29 is 45.3 Å². The fourth-order valence-corrected chi connectivity index (χ4v) is 1.92. The van der Waals surface area contributed by atoms with Crippen LogP contribution in [0.1, 0.15) is 17.5 Å². The van der Waals surface area contributed by atoms with E-state index in [4.69, 9.17) is 20.1 Å². The van der Waals surface area contributed by atoms with E-state index in [2.05, 4.69) is 9.97 Å². The molecule has 0 spiro atoms. The van der Waals surface area contributed by atoms with Gasteiger partial charge in [0.2, 0.25) is 0 Å². The molecule has 11 heteroatoms. The number of carboxylic acid groups (broad SMARTS) is 1. The van der Waals surface area contributed by atoms with E-state index < -0.39 is 56.3 Å². The van der Waals surface area contributed by atoms with Gasteiger partial charge in [0, 0.05) is 12.6 Å². The maximum absolute atomic E-state index is 10.5. The zero-order chi connectivity index (χ0) is 19.0. The van der Waals surface area contributed by atoms with Crippen LogP contribution in [0.25, 0.3) is 0 Å². The summed E-state index contributed by atoms with van der Waals surface area (Å²) >= 11 is 0. The molecule has 5 atom stereocenters. The number of nitrogens with zero attached hydrogens (tertiary/aromatic N) is 2. The first-order chi connectivity index (χ1) is 11.8. The van der Waals surface area contributed by atoms with Gasteiger partial charge in [-0.3, -0.25) is 9.97 Å². The van der Waals surface area contributed by atoms with Gasteiger partial charge in [0.05, 0.1) is 36.9 Å². The summed E-state index contributed by atoms with van der Waals surface area (Å²) in [5, 5.41) is 64.8. The van der Waals surface area contributed by atoms with Gasteiger partial charge in [-0.15, -0.1) is 0 Å². The predicted octanol–water partition coefficient (Wildman–Crippen LogP) is -3.41. The lowest BCUT2D eigenvalue weighted by Crippen LogP contribution is -2.36. The first-order valence-corrected chi connectivity index (χ1v) is 7.38. The standard InChI is InChI=1S/C14H22N2O9/c17-4-9(19)11(25-6-12(21)22)1-7-2-16-8(3-15-7)13(23)14(24)10(20)5-18/h2-3,9-11,13-14,17-20,23-24H,1,4-6H2,(H,21,22)/t9-,10-,11-,13-,14-/m1/s1. The fraction of sp³-hybridized carbons (Fsp3) is 0.643. The van der Waals surface area contributed by atoms with Crippen molar-refractivity contribution in [3.63, 3.8) is 0 Å². The number of aliphatic hydroxyl groups excluding tert-OH is 6. The van der Waals surface area contributed by atoms with E-state index in [1.54, 1.807) is 0 Å². The van der Waals surface area contributed by atoms with E-state index >= 15 is 0 Å². The van der Waals surface area contributed by atoms with Crippen LogP contribution >= 0.6 is 0 Å². The van der Waals surface area contributed by atoms with Crippen LogP contribution in [0.2, 0.25) is 0 Å². The Hall–Kier alpha value is -1.73. The number of carbonyl (C=O) groups is 1. The summed E-state index contributed by atoms with van der Waals surface area (Å²) in [5.74, 6) is -1.24. The highest BCUT2D eigenvalue weighted by Crippen LogP contribution is 2.17. The molecule has 0 aliphatic carbocycles. The van der Waals surface area contributed by atoms with Crippen LogP contribution < -0.4 is 0 Å². The number of hydrogen-bond acceptors (Lipinski definition) is 10. The average molecular weight is 362 g/mol. The minimum absolute atomic E-state index is 0.0554. The molecule has 0 aromatic carbocycles. The first-order valence-electron chi connectivity index (χ1n) is 7.38. The molecule has 25 heavy (non-hydrogen) atoms. The molecule has 0 aliphatic heterocycles. The molecule has 0 radical (unpaired) electrons. The molecule has 0 unspecified atom stereocenters. The topological polar surface area (TPSA) is 194 Å². The van der Waals surface area contributed by atoms with Crippen molar-refractivity contribution in [1.29, 1.82) is 0 Å². The minimum Gasteiger partial charge on any atom is -0.480 e. The number of aliphatic carboxylic acids is 1. The largest absolute Gasteiger partial charge is 0.480 e. The Morgan fingerprint density at radius 2 is 1.68 bits per heavy atom. The van der Waals surface area contributed by atoms with Crippen LogP contribution in [0.5, 0.6) is 0 Å². The number of carboxylic acids is 1. The van der Waals surface area contributed by atoms with E-state index in [-0.39, 0.29) is 17.8 Å². The minimum atomic E-state index is -1.66. The lowest BCUT2D eigenvalue weighted by Gasteiger charge is -2.22. The monoisotopic (exact) mass is 362 g/mol. The molecule has 0 saturated carbocycles. The van der Waals surface area contributed by atoms with Crippen molar-refractivity contribution in [3.8, 4) is 0 Å². The zero-order valence-electron chi connectivity index (χ0n) is 13.2. The smallest absolute Gasteiger partial charge is 0.329 e. The number of aromatic nitrogens is 2. The van der Waals surface area contributed by atoms with Crippen molar-refractivity contribution in [2.75, 3.05) is 19.8 Å². The van der Waals surface area contributed by atoms with Crippen LogP contribution in [0.3, 0.4) is 0 Å². The van der Waals surface area contributed by atoms with Crippen molar-refractivity contribution in [2.24, 2.45) is 0 Å². The van der Waals surface area contributed by atoms with Gasteiger partial charge < -0.3 is 40.5 Å². The third-order valence-electron chi connectivity index (χ3n) is 3.38. The third kappa shape index (κ3) is 6.59. The summed E-state index contributed by atoms with van der Waals surface area (Å²) in [6.07, 6.45) is -4.88. The Morgan fingerprint density at radius 3 is 2.16 bits per heavy atom. The fourth-order valence-electron chi connectivity index (χ4n) is 1.92. The second-order valence-electron chi connectivity index (χ2n) is 5.32. The Bertz CT molecular complexity index is 528. The number of hydrogen-bond donors (Lipinski definition) is 7. The summed E-state index contributed by atoms with van der Waals surface area (Å²) in [5.41, 5.74) is 0.213. The van der Waals surface area contributed by atoms with Gasteiger partial charge in [-0.2, -0.15) is 0 Å². The van der Waals surface area contributed by atoms with E-state index in [1.807, 2.05) is 0 Å². The Balaban J connectivity index is 2.77. The summed E-state index contributed by atoms with van der Waals surface area (Å²) in [7, 11) is 0. The molecular formula is C14H22N2O9. The third-order valence-corrected chi connectivity index (χ3v) is 3.38. The highest BCUT2D eigenvalue weighted by atomic mass is 16.5. The molecule has 1 aromatic heterocycles. The molecule has 0 aliphatic rings. The molecular weight excluding hydrogens is 340 g/mol. The maximum Gasteiger partial charge on any atom is 0.329 e. The first kappa shape index (κ1) is 21.3. The van der Waals surface area contributed by atoms with Crippen molar-refractivity contribution >= 4 is 5.97 Å². The van der Waals surface area contributed by atoms with Crippen LogP contribution in [0.15, 0.2) is 12.4 Å². The molecule has 0 saturated heterocycles. The number of ether oxygens (including phenoxy) is 1. The van der Waals surface area contributed by atoms with Gasteiger partial charge >= 0.3 is 5.97 Å². The molecule has 11 nitrogen and oxygen atoms in total. The molecule has 0 bridgehead atoms. The van der Waals surface area contributed by atoms with Gasteiger partial charge in [-0.25, -0.2) is 4.79 Å². The van der Waals surface area contributed by atoms with Gasteiger partial charge in [-0.05, 0) is 0 Å². The van der Waals surface area contributed by atoms with E-state index in [0.29, 0.717) is 0 Å². The lowest BCUT2D eigenvalue weighted by atomic mass is 10.1. The van der Waals surface area contributed by atoms with Crippen LogP contribution in [-0.2, 0) is 16.0 Å². The van der Waals surface area contributed by atoms with Crippen molar-refractivity contribution in [1.82, 2.24) is 9.97 Å². The molecule has 1 heterocycles. The number of aliphatic hydroxyl groups is 6. The summed E-state index contributed by atoms with van der Waals surface area (Å²) in [6, 6.07) is 0. The zero-order valence-corrected chi connectivity index (χ0v) is 13.2. The van der Waals surface area contributed by atoms with Crippen molar-refractivity contribution in [3.05, 3.63) is 23.8 Å².